The van der Waals surface area contributed by atoms with Gasteiger partial charge in [-0.2, -0.15) is 0 Å². The maximum atomic E-state index is 12.9. The quantitative estimate of drug-likeness (QED) is 0.598. The summed E-state index contributed by atoms with van der Waals surface area (Å²) in [6.45, 7) is 11.4. The molecule has 9 nitrogen and oxygen atoms in total. The number of likely N-dealkylation sites (tertiary alicyclic amines) is 1. The van der Waals surface area contributed by atoms with Gasteiger partial charge >= 0.3 is 12.1 Å². The number of nitrogen functional groups attached to an aromatic ring is 1. The summed E-state index contributed by atoms with van der Waals surface area (Å²) >= 11 is 0. The maximum Gasteiger partial charge on any atom is 0.418 e. The smallest absolute Gasteiger partial charge is 0.418 e. The Morgan fingerprint density at radius 2 is 1.97 bits per heavy atom. The number of carbonyl (C=O) groups is 1. The molecule has 176 valence electrons. The first-order chi connectivity index (χ1) is 15.3. The van der Waals surface area contributed by atoms with E-state index >= 15 is 0 Å². The van der Waals surface area contributed by atoms with Crippen LogP contribution < -0.4 is 15.4 Å². The lowest BCUT2D eigenvalue weighted by Crippen LogP contribution is -2.39. The average molecular weight is 446 g/mol. The molecule has 2 aromatic rings. The highest BCUT2D eigenvalue weighted by Gasteiger charge is 2.28. The van der Waals surface area contributed by atoms with Crippen LogP contribution in [0.5, 0.6) is 5.75 Å². The van der Waals surface area contributed by atoms with E-state index in [9.17, 15) is 4.79 Å². The molecule has 0 radical (unpaired) electrons. The summed E-state index contributed by atoms with van der Waals surface area (Å²) in [4.78, 5) is 16.8. The number of piperidine rings is 1. The zero-order chi connectivity index (χ0) is 23.1. The van der Waals surface area contributed by atoms with E-state index < -0.39 is 11.7 Å². The van der Waals surface area contributed by atoms with Gasteiger partial charge in [0.15, 0.2) is 0 Å². The Morgan fingerprint density at radius 1 is 1.22 bits per heavy atom. The Bertz CT molecular complexity index is 887. The van der Waals surface area contributed by atoms with Crippen molar-refractivity contribution in [3.05, 3.63) is 18.2 Å². The van der Waals surface area contributed by atoms with E-state index in [4.69, 9.17) is 19.6 Å². The van der Waals surface area contributed by atoms with Gasteiger partial charge < -0.3 is 24.5 Å². The lowest BCUT2D eigenvalue weighted by Gasteiger charge is -2.28. The van der Waals surface area contributed by atoms with Crippen LogP contribution in [0.15, 0.2) is 22.6 Å². The third kappa shape index (κ3) is 6.59. The molecule has 0 bridgehead atoms. The van der Waals surface area contributed by atoms with E-state index in [1.165, 1.54) is 24.2 Å². The van der Waals surface area contributed by atoms with Crippen LogP contribution in [0.25, 0.3) is 11.5 Å². The van der Waals surface area contributed by atoms with Gasteiger partial charge in [0.05, 0.1) is 12.2 Å². The molecule has 1 saturated heterocycles. The van der Waals surface area contributed by atoms with E-state index in [1.54, 1.807) is 18.2 Å². The van der Waals surface area contributed by atoms with Crippen molar-refractivity contribution in [1.82, 2.24) is 15.1 Å². The Morgan fingerprint density at radius 3 is 2.66 bits per heavy atom. The number of rotatable bonds is 8. The number of aromatic nitrogens is 2. The minimum atomic E-state index is -0.635. The van der Waals surface area contributed by atoms with E-state index in [1.807, 2.05) is 27.7 Å². The van der Waals surface area contributed by atoms with Gasteiger partial charge in [0, 0.05) is 18.3 Å². The van der Waals surface area contributed by atoms with Gasteiger partial charge in [0.25, 0.3) is 5.89 Å². The van der Waals surface area contributed by atoms with Crippen LogP contribution in [0.2, 0.25) is 0 Å². The molecule has 0 aliphatic carbocycles. The number of anilines is 2. The molecule has 1 aliphatic rings. The summed E-state index contributed by atoms with van der Waals surface area (Å²) in [5.74, 6) is 0.810. The van der Waals surface area contributed by atoms with Crippen LogP contribution in [0.1, 0.15) is 53.4 Å². The van der Waals surface area contributed by atoms with E-state index in [2.05, 4.69) is 15.1 Å². The molecule has 1 aromatic carbocycles. The van der Waals surface area contributed by atoms with Gasteiger partial charge in [0.1, 0.15) is 11.4 Å². The molecule has 32 heavy (non-hydrogen) atoms. The van der Waals surface area contributed by atoms with Crippen molar-refractivity contribution in [2.24, 2.45) is 0 Å². The molecule has 0 atom stereocenters. The van der Waals surface area contributed by atoms with Crippen molar-refractivity contribution >= 4 is 17.8 Å². The molecule has 0 unspecified atom stereocenters. The van der Waals surface area contributed by atoms with Crippen molar-refractivity contribution in [2.75, 3.05) is 43.4 Å². The molecule has 1 aromatic heterocycles. The molecule has 1 amide bonds. The number of hydrogen-bond acceptors (Lipinski definition) is 8. The molecule has 0 spiro atoms. The molecule has 3 rings (SSSR count). The highest BCUT2D eigenvalue weighted by molar-refractivity contribution is 5.85. The monoisotopic (exact) mass is 445 g/mol. The molecule has 0 saturated carbocycles. The number of nitrogens with zero attached hydrogens (tertiary/aromatic N) is 4. The Labute approximate surface area is 189 Å². The second-order valence-electron chi connectivity index (χ2n) is 8.97. The minimum absolute atomic E-state index is 0.104. The predicted molar refractivity (Wildman–Crippen MR) is 124 cm³/mol. The minimum Gasteiger partial charge on any atom is -0.493 e. The number of benzene rings is 1. The second kappa shape index (κ2) is 10.7. The highest BCUT2D eigenvalue weighted by Crippen LogP contribution is 2.32. The van der Waals surface area contributed by atoms with Crippen LogP contribution in [0.3, 0.4) is 0 Å². The average Bonchev–Trinajstić information content (AvgIpc) is 3.20. The van der Waals surface area contributed by atoms with E-state index in [0.717, 1.165) is 26.1 Å². The number of nitrogens with two attached hydrogens (primary N) is 1. The zero-order valence-electron chi connectivity index (χ0n) is 19.6. The standard InChI is InChI=1S/C23H35N5O4/c1-5-30-19-16-17(24)10-11-18(19)20-25-26-21(31-20)28(22(29)32-23(2,3)4)15-9-14-27-12-7-6-8-13-27/h10-11,16H,5-9,12-15,24H2,1-4H3. The van der Waals surface area contributed by atoms with Crippen LogP contribution in [0, 0.1) is 0 Å². The topological polar surface area (TPSA) is 107 Å². The second-order valence-corrected chi connectivity index (χ2v) is 8.97. The molecular formula is C23H35N5O4. The molecule has 2 heterocycles. The van der Waals surface area contributed by atoms with Crippen LogP contribution in [0.4, 0.5) is 16.5 Å². The number of carbonyl (C=O) groups excluding carboxylic acids is 1. The van der Waals surface area contributed by atoms with Crippen LogP contribution in [-0.4, -0.2) is 59.6 Å². The fourth-order valence-electron chi connectivity index (χ4n) is 3.64. The fourth-order valence-corrected chi connectivity index (χ4v) is 3.64. The first-order valence-electron chi connectivity index (χ1n) is 11.4. The lowest BCUT2D eigenvalue weighted by molar-refractivity contribution is 0.0571. The van der Waals surface area contributed by atoms with Gasteiger partial charge in [0.2, 0.25) is 0 Å². The van der Waals surface area contributed by atoms with E-state index in [-0.39, 0.29) is 11.9 Å². The SMILES string of the molecule is CCOc1cc(N)ccc1-c1nnc(N(CCCN2CCCCC2)C(=O)OC(C)(C)C)o1. The molecule has 2 N–H and O–H groups in total. The summed E-state index contributed by atoms with van der Waals surface area (Å²) in [5.41, 5.74) is 6.45. The van der Waals surface area contributed by atoms with Gasteiger partial charge in [-0.25, -0.2) is 9.69 Å². The third-order valence-electron chi connectivity index (χ3n) is 5.10. The van der Waals surface area contributed by atoms with Crippen molar-refractivity contribution < 1.29 is 18.7 Å². The summed E-state index contributed by atoms with van der Waals surface area (Å²) < 4.78 is 17.2. The van der Waals surface area contributed by atoms with Crippen LogP contribution >= 0.6 is 0 Å². The highest BCUT2D eigenvalue weighted by atomic mass is 16.6. The van der Waals surface area contributed by atoms with Crippen molar-refractivity contribution in [3.63, 3.8) is 0 Å². The number of amides is 1. The fraction of sp³-hybridized carbons (Fsp3) is 0.609. The summed E-state index contributed by atoms with van der Waals surface area (Å²) in [6, 6.07) is 5.33. The van der Waals surface area contributed by atoms with Gasteiger partial charge in [-0.3, -0.25) is 0 Å². The zero-order valence-corrected chi connectivity index (χ0v) is 19.6. The summed E-state index contributed by atoms with van der Waals surface area (Å²) in [6.07, 6.45) is 4.02. The van der Waals surface area contributed by atoms with Crippen molar-refractivity contribution in [1.29, 1.82) is 0 Å². The first kappa shape index (κ1) is 23.8. The molecule has 1 fully saturated rings. The third-order valence-corrected chi connectivity index (χ3v) is 5.10. The number of hydrogen-bond donors (Lipinski definition) is 1. The van der Waals surface area contributed by atoms with Crippen molar-refractivity contribution in [3.8, 4) is 17.2 Å². The molecule has 1 aliphatic heterocycles. The van der Waals surface area contributed by atoms with Crippen molar-refractivity contribution in [2.45, 2.75) is 59.0 Å². The Kier molecular flexibility index (Phi) is 7.95. The predicted octanol–water partition coefficient (Wildman–Crippen LogP) is 4.34. The molecule has 9 heteroatoms. The Balaban J connectivity index is 1.78. The Hall–Kier alpha value is -2.81. The summed E-state index contributed by atoms with van der Waals surface area (Å²) in [5, 5.41) is 8.30. The van der Waals surface area contributed by atoms with Gasteiger partial charge in [-0.05, 0) is 78.7 Å². The van der Waals surface area contributed by atoms with Gasteiger partial charge in [-0.1, -0.05) is 11.5 Å². The molecular weight excluding hydrogens is 410 g/mol. The van der Waals surface area contributed by atoms with Gasteiger partial charge in [-0.15, -0.1) is 5.10 Å². The van der Waals surface area contributed by atoms with Crippen LogP contribution in [-0.2, 0) is 4.74 Å². The first-order valence-corrected chi connectivity index (χ1v) is 11.4. The lowest BCUT2D eigenvalue weighted by atomic mass is 10.1. The normalized spacial score (nSPS) is 14.9. The summed E-state index contributed by atoms with van der Waals surface area (Å²) in [7, 11) is 0. The largest absolute Gasteiger partial charge is 0.493 e. The van der Waals surface area contributed by atoms with E-state index in [0.29, 0.717) is 30.2 Å². The number of ether oxygens (including phenoxy) is 2. The maximum absolute atomic E-state index is 12.9.